The van der Waals surface area contributed by atoms with Crippen LogP contribution in [0.15, 0.2) is 36.8 Å². The number of phenolic OH excluding ortho intramolecular Hbond substituents is 1. The Bertz CT molecular complexity index is 561. The lowest BCUT2D eigenvalue weighted by atomic mass is 10.2. The minimum atomic E-state index is -0.366. The van der Waals surface area contributed by atoms with Crippen LogP contribution in [-0.4, -0.2) is 21.0 Å². The second-order valence-electron chi connectivity index (χ2n) is 3.55. The summed E-state index contributed by atoms with van der Waals surface area (Å²) in [7, 11) is 0. The van der Waals surface area contributed by atoms with Gasteiger partial charge < -0.3 is 10.4 Å². The van der Waals surface area contributed by atoms with Gasteiger partial charge in [-0.15, -0.1) is 0 Å². The van der Waals surface area contributed by atoms with E-state index < -0.39 is 0 Å². The molecule has 0 spiro atoms. The van der Waals surface area contributed by atoms with Crippen molar-refractivity contribution in [3.05, 3.63) is 53.1 Å². The molecule has 0 fully saturated rings. The Hall–Kier alpha value is -2.14. The lowest BCUT2D eigenvalue weighted by Gasteiger charge is -2.06. The Morgan fingerprint density at radius 3 is 2.94 bits per heavy atom. The number of aromatic hydroxyl groups is 1. The molecule has 0 radical (unpaired) electrons. The van der Waals surface area contributed by atoms with Gasteiger partial charge in [0, 0.05) is 6.20 Å². The standard InChI is InChI=1S/C12H10ClN3O2/c13-11-2-1-9(17)5-10(11)12(18)15-6-8-3-4-14-7-16-8/h1-5,7,17H,6H2,(H,15,18). The summed E-state index contributed by atoms with van der Waals surface area (Å²) in [6.45, 7) is 0.271. The molecule has 2 N–H and O–H groups in total. The van der Waals surface area contributed by atoms with Gasteiger partial charge >= 0.3 is 0 Å². The van der Waals surface area contributed by atoms with Gasteiger partial charge in [-0.25, -0.2) is 9.97 Å². The molecule has 0 aliphatic heterocycles. The van der Waals surface area contributed by atoms with Crippen LogP contribution in [0.1, 0.15) is 16.1 Å². The number of phenols is 1. The molecule has 5 nitrogen and oxygen atoms in total. The highest BCUT2D eigenvalue weighted by molar-refractivity contribution is 6.33. The molecule has 1 aromatic heterocycles. The molecule has 92 valence electrons. The highest BCUT2D eigenvalue weighted by atomic mass is 35.5. The van der Waals surface area contributed by atoms with Crippen LogP contribution >= 0.6 is 11.6 Å². The number of carbonyl (C=O) groups excluding carboxylic acids is 1. The fourth-order valence-corrected chi connectivity index (χ4v) is 1.58. The zero-order valence-corrected chi connectivity index (χ0v) is 10.1. The molecule has 18 heavy (non-hydrogen) atoms. The van der Waals surface area contributed by atoms with Gasteiger partial charge in [0.2, 0.25) is 0 Å². The van der Waals surface area contributed by atoms with E-state index in [-0.39, 0.29) is 28.8 Å². The summed E-state index contributed by atoms with van der Waals surface area (Å²) in [6, 6.07) is 5.90. The Morgan fingerprint density at radius 1 is 1.39 bits per heavy atom. The van der Waals surface area contributed by atoms with E-state index in [0.29, 0.717) is 5.69 Å². The molecule has 1 amide bonds. The lowest BCUT2D eigenvalue weighted by Crippen LogP contribution is -2.23. The van der Waals surface area contributed by atoms with E-state index in [0.717, 1.165) is 0 Å². The molecule has 0 saturated carbocycles. The molecule has 1 aromatic carbocycles. The SMILES string of the molecule is O=C(NCc1ccncn1)c1cc(O)ccc1Cl. The van der Waals surface area contributed by atoms with E-state index in [1.807, 2.05) is 0 Å². The third-order valence-electron chi connectivity index (χ3n) is 2.27. The maximum absolute atomic E-state index is 11.8. The molecule has 6 heteroatoms. The van der Waals surface area contributed by atoms with E-state index in [2.05, 4.69) is 15.3 Å². The number of amides is 1. The van der Waals surface area contributed by atoms with Crippen molar-refractivity contribution in [1.29, 1.82) is 0 Å². The van der Waals surface area contributed by atoms with Gasteiger partial charge in [-0.05, 0) is 24.3 Å². The molecule has 2 aromatic rings. The van der Waals surface area contributed by atoms with E-state index >= 15 is 0 Å². The molecule has 1 heterocycles. The van der Waals surface area contributed by atoms with Crippen LogP contribution in [0.5, 0.6) is 5.75 Å². The Balaban J connectivity index is 2.06. The Kier molecular flexibility index (Phi) is 3.74. The van der Waals surface area contributed by atoms with Crippen LogP contribution in [0.2, 0.25) is 5.02 Å². The highest BCUT2D eigenvalue weighted by Gasteiger charge is 2.10. The van der Waals surface area contributed by atoms with E-state index in [4.69, 9.17) is 11.6 Å². The Morgan fingerprint density at radius 2 is 2.22 bits per heavy atom. The van der Waals surface area contributed by atoms with Gasteiger partial charge in [0.1, 0.15) is 12.1 Å². The van der Waals surface area contributed by atoms with Gasteiger partial charge in [-0.1, -0.05) is 11.6 Å². The van der Waals surface area contributed by atoms with E-state index in [1.165, 1.54) is 24.5 Å². The summed E-state index contributed by atoms with van der Waals surface area (Å²) in [6.07, 6.45) is 3.00. The van der Waals surface area contributed by atoms with E-state index in [1.54, 1.807) is 12.3 Å². The zero-order chi connectivity index (χ0) is 13.0. The summed E-state index contributed by atoms with van der Waals surface area (Å²) >= 11 is 5.88. The molecule has 0 aliphatic rings. The van der Waals surface area contributed by atoms with Crippen molar-refractivity contribution in [1.82, 2.24) is 15.3 Å². The average molecular weight is 264 g/mol. The van der Waals surface area contributed by atoms with Crippen molar-refractivity contribution in [3.8, 4) is 5.75 Å². The van der Waals surface area contributed by atoms with Crippen LogP contribution in [0.3, 0.4) is 0 Å². The number of benzene rings is 1. The van der Waals surface area contributed by atoms with E-state index in [9.17, 15) is 9.90 Å². The molecule has 0 aliphatic carbocycles. The van der Waals surface area contributed by atoms with Gasteiger partial charge in [-0.3, -0.25) is 4.79 Å². The summed E-state index contributed by atoms with van der Waals surface area (Å²) in [5.41, 5.74) is 0.917. The quantitative estimate of drug-likeness (QED) is 0.885. The number of halogens is 1. The van der Waals surface area contributed by atoms with Gasteiger partial charge in [0.25, 0.3) is 5.91 Å². The topological polar surface area (TPSA) is 75.1 Å². The first kappa shape index (κ1) is 12.3. The number of carbonyl (C=O) groups is 1. The summed E-state index contributed by atoms with van der Waals surface area (Å²) in [5, 5.41) is 12.3. The molecule has 0 bridgehead atoms. The van der Waals surface area contributed by atoms with Crippen molar-refractivity contribution < 1.29 is 9.90 Å². The van der Waals surface area contributed by atoms with Crippen LogP contribution < -0.4 is 5.32 Å². The monoisotopic (exact) mass is 263 g/mol. The first-order valence-corrected chi connectivity index (χ1v) is 5.56. The van der Waals surface area contributed by atoms with Gasteiger partial charge in [-0.2, -0.15) is 0 Å². The van der Waals surface area contributed by atoms with Crippen molar-refractivity contribution in [3.63, 3.8) is 0 Å². The first-order valence-electron chi connectivity index (χ1n) is 5.18. The van der Waals surface area contributed by atoms with Gasteiger partial charge in [0.05, 0.1) is 22.8 Å². The molecule has 0 atom stereocenters. The lowest BCUT2D eigenvalue weighted by molar-refractivity contribution is 0.0950. The van der Waals surface area contributed by atoms with Crippen LogP contribution in [0.4, 0.5) is 0 Å². The average Bonchev–Trinajstić information content (AvgIpc) is 2.40. The fourth-order valence-electron chi connectivity index (χ4n) is 1.38. The number of hydrogen-bond acceptors (Lipinski definition) is 4. The van der Waals surface area contributed by atoms with Crippen molar-refractivity contribution in [2.24, 2.45) is 0 Å². The fraction of sp³-hybridized carbons (Fsp3) is 0.0833. The number of hydrogen-bond donors (Lipinski definition) is 2. The normalized spacial score (nSPS) is 10.1. The second kappa shape index (κ2) is 5.46. The molecular weight excluding hydrogens is 254 g/mol. The van der Waals surface area contributed by atoms with Gasteiger partial charge in [0.15, 0.2) is 0 Å². The minimum Gasteiger partial charge on any atom is -0.508 e. The number of nitrogens with one attached hydrogen (secondary N) is 1. The minimum absolute atomic E-state index is 0.00779. The van der Waals surface area contributed by atoms with Crippen molar-refractivity contribution in [2.45, 2.75) is 6.54 Å². The molecule has 0 unspecified atom stereocenters. The van der Waals surface area contributed by atoms with Crippen LogP contribution in [0, 0.1) is 0 Å². The number of rotatable bonds is 3. The molecular formula is C12H10ClN3O2. The largest absolute Gasteiger partial charge is 0.508 e. The predicted molar refractivity (Wildman–Crippen MR) is 66.3 cm³/mol. The molecule has 0 saturated heterocycles. The van der Waals surface area contributed by atoms with Crippen molar-refractivity contribution in [2.75, 3.05) is 0 Å². The predicted octanol–water partition coefficient (Wildman–Crippen LogP) is 1.77. The third-order valence-corrected chi connectivity index (χ3v) is 2.60. The maximum Gasteiger partial charge on any atom is 0.253 e. The zero-order valence-electron chi connectivity index (χ0n) is 9.30. The second-order valence-corrected chi connectivity index (χ2v) is 3.95. The summed E-state index contributed by atoms with van der Waals surface area (Å²) < 4.78 is 0. The third kappa shape index (κ3) is 2.95. The van der Waals surface area contributed by atoms with Crippen LogP contribution in [0.25, 0.3) is 0 Å². The smallest absolute Gasteiger partial charge is 0.253 e. The maximum atomic E-state index is 11.8. The first-order chi connectivity index (χ1) is 8.66. The summed E-state index contributed by atoms with van der Waals surface area (Å²) in [4.78, 5) is 19.6. The summed E-state index contributed by atoms with van der Waals surface area (Å²) in [5.74, 6) is -0.374. The highest BCUT2D eigenvalue weighted by Crippen LogP contribution is 2.20. The number of aromatic nitrogens is 2. The number of nitrogens with zero attached hydrogens (tertiary/aromatic N) is 2. The Labute approximate surface area is 108 Å². The molecule has 2 rings (SSSR count). The van der Waals surface area contributed by atoms with Crippen LogP contribution in [-0.2, 0) is 6.54 Å². The van der Waals surface area contributed by atoms with Crippen molar-refractivity contribution >= 4 is 17.5 Å².